The molecule has 2 atom stereocenters. The fourth-order valence-corrected chi connectivity index (χ4v) is 4.44. The Morgan fingerprint density at radius 3 is 2.80 bits per heavy atom. The summed E-state index contributed by atoms with van der Waals surface area (Å²) in [6.45, 7) is 0. The van der Waals surface area contributed by atoms with Crippen molar-refractivity contribution in [2.24, 2.45) is 13.0 Å². The van der Waals surface area contributed by atoms with Crippen molar-refractivity contribution in [1.82, 2.24) is 14.5 Å². The molecule has 1 heterocycles. The van der Waals surface area contributed by atoms with E-state index in [0.29, 0.717) is 25.7 Å². The monoisotopic (exact) mass is 321 g/mol. The van der Waals surface area contributed by atoms with Crippen molar-refractivity contribution in [3.8, 4) is 0 Å². The second-order valence-corrected chi connectivity index (χ2v) is 6.98. The molecule has 9 heteroatoms. The van der Waals surface area contributed by atoms with Crippen LogP contribution in [-0.4, -0.2) is 35.3 Å². The number of carbonyl (C=O) groups is 1. The Hall–Kier alpha value is -1.12. The number of hydrogen-bond donors (Lipinski definition) is 2. The van der Waals surface area contributed by atoms with Crippen LogP contribution in [-0.2, 0) is 21.9 Å². The number of sulfonamides is 1. The summed E-state index contributed by atoms with van der Waals surface area (Å²) in [6, 6.07) is -0.388. The summed E-state index contributed by atoms with van der Waals surface area (Å²) in [4.78, 5) is 11.0. The number of carboxylic acids is 1. The zero-order valence-electron chi connectivity index (χ0n) is 10.9. The standard InChI is InChI=1S/C11H16ClN3O4S/c1-15-10(9(12)6-13-15)20(18,19)14-8-4-2-3-7(5-8)11(16)17/h6-8,14H,2-5H2,1H3,(H,16,17). The molecule has 7 nitrogen and oxygen atoms in total. The molecule has 2 N–H and O–H groups in total. The minimum absolute atomic E-state index is 0.0468. The average molecular weight is 322 g/mol. The van der Waals surface area contributed by atoms with Crippen LogP contribution >= 0.6 is 11.6 Å². The minimum Gasteiger partial charge on any atom is -0.481 e. The van der Waals surface area contributed by atoms with Gasteiger partial charge in [-0.3, -0.25) is 9.48 Å². The maximum absolute atomic E-state index is 12.3. The number of halogens is 1. The average Bonchev–Trinajstić information content (AvgIpc) is 2.69. The first-order valence-corrected chi connectivity index (χ1v) is 8.10. The molecule has 1 aliphatic carbocycles. The Morgan fingerprint density at radius 2 is 2.25 bits per heavy atom. The van der Waals surface area contributed by atoms with E-state index in [1.54, 1.807) is 0 Å². The third-order valence-electron chi connectivity index (χ3n) is 3.44. The predicted molar refractivity (Wildman–Crippen MR) is 71.9 cm³/mol. The van der Waals surface area contributed by atoms with E-state index in [1.807, 2.05) is 0 Å². The lowest BCUT2D eigenvalue weighted by Crippen LogP contribution is -2.40. The highest BCUT2D eigenvalue weighted by Gasteiger charge is 2.31. The van der Waals surface area contributed by atoms with Crippen LogP contribution < -0.4 is 4.72 Å². The van der Waals surface area contributed by atoms with Crippen LogP contribution in [0.4, 0.5) is 0 Å². The smallest absolute Gasteiger partial charge is 0.306 e. The van der Waals surface area contributed by atoms with Gasteiger partial charge in [-0.25, -0.2) is 13.1 Å². The molecule has 1 fully saturated rings. The molecule has 112 valence electrons. The molecule has 0 amide bonds. The van der Waals surface area contributed by atoms with Crippen LogP contribution in [0.3, 0.4) is 0 Å². The second kappa shape index (κ2) is 5.71. The Labute approximate surface area is 122 Å². The summed E-state index contributed by atoms with van der Waals surface area (Å²) < 4.78 is 28.3. The van der Waals surface area contributed by atoms with Crippen molar-refractivity contribution in [1.29, 1.82) is 0 Å². The van der Waals surface area contributed by atoms with E-state index < -0.39 is 21.9 Å². The van der Waals surface area contributed by atoms with E-state index >= 15 is 0 Å². The quantitative estimate of drug-likeness (QED) is 0.861. The molecular formula is C11H16ClN3O4S. The third-order valence-corrected chi connectivity index (χ3v) is 5.47. The molecule has 1 aliphatic rings. The van der Waals surface area contributed by atoms with Crippen molar-refractivity contribution in [2.75, 3.05) is 0 Å². The highest BCUT2D eigenvalue weighted by Crippen LogP contribution is 2.27. The van der Waals surface area contributed by atoms with Gasteiger partial charge < -0.3 is 5.11 Å². The largest absolute Gasteiger partial charge is 0.481 e. The van der Waals surface area contributed by atoms with Gasteiger partial charge in [0, 0.05) is 13.1 Å². The fraction of sp³-hybridized carbons (Fsp3) is 0.636. The maximum atomic E-state index is 12.3. The van der Waals surface area contributed by atoms with Crippen LogP contribution in [0.15, 0.2) is 11.2 Å². The molecule has 20 heavy (non-hydrogen) atoms. The van der Waals surface area contributed by atoms with Crippen LogP contribution in [0, 0.1) is 5.92 Å². The zero-order chi connectivity index (χ0) is 14.9. The zero-order valence-corrected chi connectivity index (χ0v) is 12.5. The molecule has 1 aromatic heterocycles. The Bertz CT molecular complexity index is 594. The lowest BCUT2D eigenvalue weighted by Gasteiger charge is -2.27. The van der Waals surface area contributed by atoms with E-state index in [2.05, 4.69) is 9.82 Å². The first-order valence-electron chi connectivity index (χ1n) is 6.24. The molecule has 0 spiro atoms. The number of aliphatic carboxylic acids is 1. The Kier molecular flexibility index (Phi) is 4.36. The van der Waals surface area contributed by atoms with Gasteiger partial charge in [0.2, 0.25) is 0 Å². The van der Waals surface area contributed by atoms with Gasteiger partial charge in [0.1, 0.15) is 0 Å². The van der Waals surface area contributed by atoms with E-state index in [9.17, 15) is 13.2 Å². The van der Waals surface area contributed by atoms with E-state index in [4.69, 9.17) is 16.7 Å². The second-order valence-electron chi connectivity index (χ2n) is 4.94. The maximum Gasteiger partial charge on any atom is 0.306 e. The number of rotatable bonds is 4. The normalized spacial score (nSPS) is 23.7. The van der Waals surface area contributed by atoms with Gasteiger partial charge in [0.05, 0.1) is 17.1 Å². The molecule has 1 saturated carbocycles. The highest BCUT2D eigenvalue weighted by atomic mass is 35.5. The van der Waals surface area contributed by atoms with Crippen LogP contribution in [0.5, 0.6) is 0 Å². The summed E-state index contributed by atoms with van der Waals surface area (Å²) >= 11 is 5.83. The van der Waals surface area contributed by atoms with E-state index in [1.165, 1.54) is 17.9 Å². The van der Waals surface area contributed by atoms with Gasteiger partial charge in [-0.05, 0) is 19.3 Å². The number of hydrogen-bond acceptors (Lipinski definition) is 4. The van der Waals surface area contributed by atoms with Crippen molar-refractivity contribution < 1.29 is 18.3 Å². The van der Waals surface area contributed by atoms with Gasteiger partial charge >= 0.3 is 5.97 Å². The SMILES string of the molecule is Cn1ncc(Cl)c1S(=O)(=O)NC1CCCC(C(=O)O)C1. The van der Waals surface area contributed by atoms with Gasteiger partial charge in [-0.2, -0.15) is 5.10 Å². The number of nitrogens with zero attached hydrogens (tertiary/aromatic N) is 2. The molecule has 2 rings (SSSR count). The van der Waals surface area contributed by atoms with Gasteiger partial charge in [0.15, 0.2) is 5.03 Å². The van der Waals surface area contributed by atoms with Gasteiger partial charge in [0.25, 0.3) is 10.0 Å². The van der Waals surface area contributed by atoms with Crippen LogP contribution in [0.2, 0.25) is 5.02 Å². The van der Waals surface area contributed by atoms with Crippen LogP contribution in [0.1, 0.15) is 25.7 Å². The highest BCUT2D eigenvalue weighted by molar-refractivity contribution is 7.89. The summed E-state index contributed by atoms with van der Waals surface area (Å²) in [5, 5.41) is 12.8. The molecular weight excluding hydrogens is 306 g/mol. The van der Waals surface area contributed by atoms with E-state index in [-0.39, 0.29) is 16.1 Å². The van der Waals surface area contributed by atoms with Gasteiger partial charge in [-0.15, -0.1) is 0 Å². The number of nitrogens with one attached hydrogen (secondary N) is 1. The summed E-state index contributed by atoms with van der Waals surface area (Å²) in [6.07, 6.45) is 3.45. The molecule has 0 aromatic carbocycles. The summed E-state index contributed by atoms with van der Waals surface area (Å²) in [5.41, 5.74) is 0. The van der Waals surface area contributed by atoms with Gasteiger partial charge in [-0.1, -0.05) is 18.0 Å². The summed E-state index contributed by atoms with van der Waals surface area (Å²) in [5.74, 6) is -1.38. The topological polar surface area (TPSA) is 101 Å². The Morgan fingerprint density at radius 1 is 1.55 bits per heavy atom. The Balaban J connectivity index is 2.15. The molecule has 0 bridgehead atoms. The van der Waals surface area contributed by atoms with E-state index in [0.717, 1.165) is 0 Å². The van der Waals surface area contributed by atoms with Crippen molar-refractivity contribution in [3.05, 3.63) is 11.2 Å². The third kappa shape index (κ3) is 3.13. The first kappa shape index (κ1) is 15.3. The first-order chi connectivity index (χ1) is 9.31. The summed E-state index contributed by atoms with van der Waals surface area (Å²) in [7, 11) is -2.31. The minimum atomic E-state index is -3.80. The number of aryl methyl sites for hydroxylation is 1. The number of carboxylic acid groups (broad SMARTS) is 1. The van der Waals surface area contributed by atoms with Crippen molar-refractivity contribution in [3.63, 3.8) is 0 Å². The molecule has 0 radical (unpaired) electrons. The molecule has 0 saturated heterocycles. The predicted octanol–water partition coefficient (Wildman–Crippen LogP) is 0.995. The van der Waals surface area contributed by atoms with Crippen LogP contribution in [0.25, 0.3) is 0 Å². The lowest BCUT2D eigenvalue weighted by molar-refractivity contribution is -0.143. The fourth-order valence-electron chi connectivity index (χ4n) is 2.50. The molecule has 0 aliphatic heterocycles. The number of aromatic nitrogens is 2. The molecule has 1 aromatic rings. The molecule has 2 unspecified atom stereocenters. The van der Waals surface area contributed by atoms with Crippen molar-refractivity contribution in [2.45, 2.75) is 36.8 Å². The van der Waals surface area contributed by atoms with Crippen molar-refractivity contribution >= 4 is 27.6 Å². The lowest BCUT2D eigenvalue weighted by atomic mass is 9.86.